The predicted molar refractivity (Wildman–Crippen MR) is 114 cm³/mol. The van der Waals surface area contributed by atoms with Crippen LogP contribution in [0.15, 0.2) is 41.3 Å². The first-order valence-corrected chi connectivity index (χ1v) is 9.95. The highest BCUT2D eigenvalue weighted by molar-refractivity contribution is 7.13. The van der Waals surface area contributed by atoms with Crippen molar-refractivity contribution in [2.45, 2.75) is 34.1 Å². The second-order valence-corrected chi connectivity index (χ2v) is 7.42. The molecule has 142 valence electrons. The third kappa shape index (κ3) is 3.90. The van der Waals surface area contributed by atoms with Crippen molar-refractivity contribution in [2.24, 2.45) is 0 Å². The number of nitriles is 1. The molecule has 0 atom stereocenters. The number of benzene rings is 1. The molecule has 0 saturated carbocycles. The molecular formula is C22H22N4OS. The van der Waals surface area contributed by atoms with Crippen LogP contribution < -0.4 is 5.32 Å². The fourth-order valence-electron chi connectivity index (χ4n) is 3.21. The molecule has 0 spiro atoms. The Labute approximate surface area is 169 Å². The van der Waals surface area contributed by atoms with Gasteiger partial charge in [0.25, 0.3) is 5.91 Å². The zero-order valence-corrected chi connectivity index (χ0v) is 17.2. The molecule has 1 aromatic carbocycles. The van der Waals surface area contributed by atoms with Crippen molar-refractivity contribution in [1.82, 2.24) is 9.55 Å². The van der Waals surface area contributed by atoms with Crippen LogP contribution in [0.2, 0.25) is 0 Å². The molecule has 28 heavy (non-hydrogen) atoms. The summed E-state index contributed by atoms with van der Waals surface area (Å²) in [5.74, 6) is -0.449. The van der Waals surface area contributed by atoms with Gasteiger partial charge >= 0.3 is 0 Å². The number of hydrogen-bond donors (Lipinski definition) is 1. The number of thiazole rings is 1. The van der Waals surface area contributed by atoms with Crippen LogP contribution in [0.3, 0.4) is 0 Å². The maximum absolute atomic E-state index is 12.5. The van der Waals surface area contributed by atoms with Gasteiger partial charge in [-0.2, -0.15) is 5.26 Å². The monoisotopic (exact) mass is 390 g/mol. The smallest absolute Gasteiger partial charge is 0.268 e. The number of para-hydroxylation sites is 1. The van der Waals surface area contributed by atoms with Gasteiger partial charge in [-0.05, 0) is 56.5 Å². The number of carbonyl (C=O) groups excluding carboxylic acids is 1. The van der Waals surface area contributed by atoms with E-state index in [1.807, 2.05) is 50.4 Å². The van der Waals surface area contributed by atoms with E-state index in [0.29, 0.717) is 5.13 Å². The zero-order valence-electron chi connectivity index (χ0n) is 16.4. The molecule has 1 amide bonds. The van der Waals surface area contributed by atoms with E-state index in [0.717, 1.165) is 34.8 Å². The van der Waals surface area contributed by atoms with E-state index in [2.05, 4.69) is 33.9 Å². The average Bonchev–Trinajstić information content (AvgIpc) is 3.21. The van der Waals surface area contributed by atoms with Crippen molar-refractivity contribution >= 4 is 28.5 Å². The highest BCUT2D eigenvalue weighted by Gasteiger charge is 2.15. The van der Waals surface area contributed by atoms with Crippen molar-refractivity contribution in [3.63, 3.8) is 0 Å². The molecular weight excluding hydrogens is 368 g/mol. The highest BCUT2D eigenvalue weighted by Crippen LogP contribution is 2.25. The molecule has 2 aromatic heterocycles. The minimum Gasteiger partial charge on any atom is -0.318 e. The van der Waals surface area contributed by atoms with Gasteiger partial charge in [-0.1, -0.05) is 25.1 Å². The van der Waals surface area contributed by atoms with E-state index in [-0.39, 0.29) is 5.57 Å². The second-order valence-electron chi connectivity index (χ2n) is 6.56. The normalized spacial score (nSPS) is 11.3. The van der Waals surface area contributed by atoms with Crippen LogP contribution in [0, 0.1) is 32.1 Å². The lowest BCUT2D eigenvalue weighted by Crippen LogP contribution is -2.13. The summed E-state index contributed by atoms with van der Waals surface area (Å²) in [7, 11) is 0. The van der Waals surface area contributed by atoms with E-state index < -0.39 is 5.91 Å². The molecule has 0 saturated heterocycles. The molecule has 5 nitrogen and oxygen atoms in total. The van der Waals surface area contributed by atoms with Crippen LogP contribution in [-0.2, 0) is 11.2 Å². The quantitative estimate of drug-likeness (QED) is 0.494. The number of carbonyl (C=O) groups is 1. The molecule has 0 aliphatic rings. The number of aromatic nitrogens is 2. The summed E-state index contributed by atoms with van der Waals surface area (Å²) >= 11 is 1.34. The molecule has 3 aromatic rings. The SMILES string of the molecule is CCc1ccccc1-n1c(C)cc(/C=C(/C#N)C(=O)Nc2nc(C)cs2)c1C. The van der Waals surface area contributed by atoms with Crippen molar-refractivity contribution in [3.05, 3.63) is 69.5 Å². The van der Waals surface area contributed by atoms with Gasteiger partial charge in [0.15, 0.2) is 5.13 Å². The first-order chi connectivity index (χ1) is 13.4. The Morgan fingerprint density at radius 1 is 1.32 bits per heavy atom. The van der Waals surface area contributed by atoms with Crippen LogP contribution in [0.1, 0.15) is 35.1 Å². The molecule has 3 rings (SSSR count). The van der Waals surface area contributed by atoms with E-state index in [4.69, 9.17) is 0 Å². The van der Waals surface area contributed by atoms with Gasteiger partial charge < -0.3 is 4.57 Å². The first-order valence-electron chi connectivity index (χ1n) is 9.07. The number of nitrogens with zero attached hydrogens (tertiary/aromatic N) is 3. The third-order valence-corrected chi connectivity index (χ3v) is 5.46. The van der Waals surface area contributed by atoms with Gasteiger partial charge in [0.05, 0.1) is 5.69 Å². The van der Waals surface area contributed by atoms with Crippen molar-refractivity contribution in [2.75, 3.05) is 5.32 Å². The fraction of sp³-hybridized carbons (Fsp3) is 0.227. The Morgan fingerprint density at radius 3 is 2.71 bits per heavy atom. The van der Waals surface area contributed by atoms with Crippen LogP contribution in [-0.4, -0.2) is 15.5 Å². The minimum absolute atomic E-state index is 0.0527. The number of rotatable bonds is 5. The Bertz CT molecular complexity index is 1100. The topological polar surface area (TPSA) is 70.7 Å². The predicted octanol–water partition coefficient (Wildman–Crippen LogP) is 4.97. The number of hydrogen-bond acceptors (Lipinski definition) is 4. The zero-order chi connectivity index (χ0) is 20.3. The van der Waals surface area contributed by atoms with Gasteiger partial charge in [0.1, 0.15) is 11.6 Å². The summed E-state index contributed by atoms with van der Waals surface area (Å²) in [5.41, 5.74) is 6.16. The molecule has 0 fully saturated rings. The maximum atomic E-state index is 12.5. The highest BCUT2D eigenvalue weighted by atomic mass is 32.1. The van der Waals surface area contributed by atoms with Crippen molar-refractivity contribution < 1.29 is 4.79 Å². The Kier molecular flexibility index (Phi) is 5.76. The fourth-order valence-corrected chi connectivity index (χ4v) is 3.90. The van der Waals surface area contributed by atoms with Crippen molar-refractivity contribution in [3.8, 4) is 11.8 Å². The van der Waals surface area contributed by atoms with Crippen LogP contribution in [0.4, 0.5) is 5.13 Å². The average molecular weight is 391 g/mol. The number of aryl methyl sites for hydroxylation is 3. The summed E-state index contributed by atoms with van der Waals surface area (Å²) in [6.45, 7) is 8.02. The minimum atomic E-state index is -0.449. The van der Waals surface area contributed by atoms with Crippen molar-refractivity contribution in [1.29, 1.82) is 5.26 Å². The Hall–Kier alpha value is -3.17. The molecule has 0 unspecified atom stereocenters. The maximum Gasteiger partial charge on any atom is 0.268 e. The summed E-state index contributed by atoms with van der Waals surface area (Å²) < 4.78 is 2.17. The van der Waals surface area contributed by atoms with Gasteiger partial charge in [-0.15, -0.1) is 11.3 Å². The summed E-state index contributed by atoms with van der Waals surface area (Å²) in [6.07, 6.45) is 2.57. The largest absolute Gasteiger partial charge is 0.318 e. The summed E-state index contributed by atoms with van der Waals surface area (Å²) in [5, 5.41) is 14.5. The number of nitrogens with one attached hydrogen (secondary N) is 1. The van der Waals surface area contributed by atoms with Gasteiger partial charge in [0, 0.05) is 22.5 Å². The van der Waals surface area contributed by atoms with Gasteiger partial charge in [0.2, 0.25) is 0 Å². The molecule has 0 radical (unpaired) electrons. The molecule has 0 bridgehead atoms. The van der Waals surface area contributed by atoms with E-state index in [1.54, 1.807) is 6.08 Å². The van der Waals surface area contributed by atoms with Crippen LogP contribution in [0.5, 0.6) is 0 Å². The molecule has 0 aliphatic heterocycles. The molecule has 2 heterocycles. The second kappa shape index (κ2) is 8.24. The Balaban J connectivity index is 1.97. The Morgan fingerprint density at radius 2 is 2.07 bits per heavy atom. The third-order valence-electron chi connectivity index (χ3n) is 4.59. The van der Waals surface area contributed by atoms with E-state index >= 15 is 0 Å². The standard InChI is InChI=1S/C22H22N4OS/c1-5-17-8-6-7-9-20(17)26-15(3)10-18(16(26)4)11-19(12-23)21(27)25-22-24-14(2)13-28-22/h6-11,13H,5H2,1-4H3,(H,24,25,27)/b19-11-. The number of anilines is 1. The number of amides is 1. The van der Waals surface area contributed by atoms with E-state index in [9.17, 15) is 10.1 Å². The van der Waals surface area contributed by atoms with Crippen LogP contribution >= 0.6 is 11.3 Å². The molecule has 1 N–H and O–H groups in total. The lowest BCUT2D eigenvalue weighted by Gasteiger charge is -2.14. The summed E-state index contributed by atoms with van der Waals surface area (Å²) in [4.78, 5) is 16.7. The van der Waals surface area contributed by atoms with Crippen LogP contribution in [0.25, 0.3) is 11.8 Å². The lowest BCUT2D eigenvalue weighted by atomic mass is 10.1. The molecule has 0 aliphatic carbocycles. The summed E-state index contributed by atoms with van der Waals surface area (Å²) in [6, 6.07) is 12.3. The van der Waals surface area contributed by atoms with Gasteiger partial charge in [-0.25, -0.2) is 4.98 Å². The van der Waals surface area contributed by atoms with Gasteiger partial charge in [-0.3, -0.25) is 10.1 Å². The lowest BCUT2D eigenvalue weighted by molar-refractivity contribution is -0.112. The molecule has 6 heteroatoms. The van der Waals surface area contributed by atoms with E-state index in [1.165, 1.54) is 16.9 Å². The first kappa shape index (κ1) is 19.6.